The first kappa shape index (κ1) is 25.9. The van der Waals surface area contributed by atoms with Crippen LogP contribution in [0.25, 0.3) is 0 Å². The minimum Gasteiger partial charge on any atom is -0.390 e. The quantitative estimate of drug-likeness (QED) is 0.582. The molecule has 1 aromatic carbocycles. The van der Waals surface area contributed by atoms with Gasteiger partial charge in [0.1, 0.15) is 12.0 Å². The molecule has 9 heteroatoms. The molecule has 0 spiro atoms. The van der Waals surface area contributed by atoms with Gasteiger partial charge in [0.2, 0.25) is 0 Å². The summed E-state index contributed by atoms with van der Waals surface area (Å²) in [5.74, 6) is -3.62. The lowest BCUT2D eigenvalue weighted by molar-refractivity contribution is -0.269. The van der Waals surface area contributed by atoms with Gasteiger partial charge in [-0.15, -0.1) is 0 Å². The molecule has 0 radical (unpaired) electrons. The number of Topliss-reactive ketones (excluding diaryl/α,β-unsaturated/α-hetero) is 1. The van der Waals surface area contributed by atoms with E-state index in [4.69, 9.17) is 4.84 Å². The molecular formula is C29H31F4NO4. The van der Waals surface area contributed by atoms with Crippen molar-refractivity contribution in [3.63, 3.8) is 0 Å². The largest absolute Gasteiger partial charge is 0.390 e. The molecular weight excluding hydrogens is 502 g/mol. The number of hydrogen-bond donors (Lipinski definition) is 1. The highest BCUT2D eigenvalue weighted by molar-refractivity contribution is 6.01. The lowest BCUT2D eigenvalue weighted by atomic mass is 9.44. The summed E-state index contributed by atoms with van der Waals surface area (Å²) in [7, 11) is 0. The van der Waals surface area contributed by atoms with Gasteiger partial charge < -0.3 is 5.11 Å². The second-order valence-corrected chi connectivity index (χ2v) is 12.1. The maximum Gasteiger partial charge on any atom is 0.198 e. The summed E-state index contributed by atoms with van der Waals surface area (Å²) >= 11 is 0. The number of carbonyl (C=O) groups is 2. The van der Waals surface area contributed by atoms with E-state index in [2.05, 4.69) is 0 Å². The van der Waals surface area contributed by atoms with Gasteiger partial charge >= 0.3 is 0 Å². The van der Waals surface area contributed by atoms with Crippen LogP contribution >= 0.6 is 0 Å². The van der Waals surface area contributed by atoms with E-state index < -0.39 is 70.4 Å². The fourth-order valence-corrected chi connectivity index (χ4v) is 8.81. The van der Waals surface area contributed by atoms with Crippen LogP contribution in [0.15, 0.2) is 48.1 Å². The molecule has 1 saturated heterocycles. The average molecular weight is 534 g/mol. The average Bonchev–Trinajstić information content (AvgIpc) is 3.35. The Hall–Kier alpha value is -2.36. The zero-order chi connectivity index (χ0) is 27.3. The Labute approximate surface area is 218 Å². The van der Waals surface area contributed by atoms with Crippen LogP contribution in [-0.4, -0.2) is 58.5 Å². The fraction of sp³-hybridized carbons (Fsp3) is 0.586. The number of alkyl halides is 3. The number of hydroxylamine groups is 2. The van der Waals surface area contributed by atoms with Gasteiger partial charge in [-0.3, -0.25) is 14.4 Å². The van der Waals surface area contributed by atoms with E-state index in [9.17, 15) is 23.5 Å². The van der Waals surface area contributed by atoms with Gasteiger partial charge in [-0.2, -0.15) is 5.06 Å². The summed E-state index contributed by atoms with van der Waals surface area (Å²) in [6.07, 6.45) is 0.392. The van der Waals surface area contributed by atoms with Gasteiger partial charge in [-0.1, -0.05) is 25.1 Å². The molecule has 1 N–H and O–H groups in total. The summed E-state index contributed by atoms with van der Waals surface area (Å²) in [6.45, 7) is 2.46. The van der Waals surface area contributed by atoms with E-state index in [1.807, 2.05) is 0 Å². The Bertz CT molecular complexity index is 1250. The summed E-state index contributed by atoms with van der Waals surface area (Å²) in [4.78, 5) is 31.7. The second-order valence-electron chi connectivity index (χ2n) is 12.1. The Kier molecular flexibility index (Phi) is 5.67. The number of ketones is 2. The molecule has 9 atom stereocenters. The normalized spacial score (nSPS) is 45.7. The van der Waals surface area contributed by atoms with E-state index >= 15 is 8.78 Å². The molecule has 4 aliphatic carbocycles. The lowest BCUT2D eigenvalue weighted by Gasteiger charge is -2.63. The van der Waals surface area contributed by atoms with Crippen LogP contribution in [0.4, 0.5) is 17.6 Å². The molecule has 0 amide bonds. The maximum absolute atomic E-state index is 17.4. The lowest BCUT2D eigenvalue weighted by Crippen LogP contribution is -2.70. The second kappa shape index (κ2) is 8.32. The van der Waals surface area contributed by atoms with Crippen LogP contribution < -0.4 is 0 Å². The van der Waals surface area contributed by atoms with Gasteiger partial charge in [-0.25, -0.2) is 17.6 Å². The summed E-state index contributed by atoms with van der Waals surface area (Å²) in [5.41, 5.74) is -5.86. The molecule has 5 aliphatic rings. The highest BCUT2D eigenvalue weighted by atomic mass is 19.1. The van der Waals surface area contributed by atoms with Crippen LogP contribution in [0, 0.1) is 34.4 Å². The molecule has 1 aromatic rings. The van der Waals surface area contributed by atoms with Crippen LogP contribution in [0.2, 0.25) is 0 Å². The van der Waals surface area contributed by atoms with Gasteiger partial charge in [0.15, 0.2) is 29.5 Å². The minimum absolute atomic E-state index is 0.0286. The van der Waals surface area contributed by atoms with Crippen molar-refractivity contribution in [2.45, 2.75) is 63.2 Å². The molecule has 5 nitrogen and oxygen atoms in total. The van der Waals surface area contributed by atoms with Crippen LogP contribution in [0.5, 0.6) is 0 Å². The Morgan fingerprint density at radius 2 is 1.89 bits per heavy atom. The van der Waals surface area contributed by atoms with Gasteiger partial charge in [0, 0.05) is 35.8 Å². The maximum atomic E-state index is 17.4. The topological polar surface area (TPSA) is 66.8 Å². The van der Waals surface area contributed by atoms with Crippen molar-refractivity contribution in [3.8, 4) is 0 Å². The van der Waals surface area contributed by atoms with Crippen LogP contribution in [0.3, 0.4) is 0 Å². The Morgan fingerprint density at radius 3 is 2.58 bits per heavy atom. The van der Waals surface area contributed by atoms with Crippen LogP contribution in [-0.2, 0) is 21.0 Å². The predicted octanol–water partition coefficient (Wildman–Crippen LogP) is 4.40. The fourth-order valence-electron chi connectivity index (χ4n) is 8.81. The zero-order valence-electron chi connectivity index (χ0n) is 21.3. The summed E-state index contributed by atoms with van der Waals surface area (Å²) in [5, 5.41) is 13.1. The molecule has 204 valence electrons. The van der Waals surface area contributed by atoms with E-state index in [1.165, 1.54) is 31.2 Å². The molecule has 0 unspecified atom stereocenters. The third kappa shape index (κ3) is 3.09. The SMILES string of the molecule is C[C@]12C=CC(=O)C=C1[C@@H](F)C[C@H]1[C@@H]3C[C@H]4CN(Cc5ccc(F)cc5)O[C@@]4(C(=O)CF)[C@@]3(C)C[C@H](O)[C@@]12F. The number of carbonyl (C=O) groups excluding carboxylic acids is 2. The highest BCUT2D eigenvalue weighted by Gasteiger charge is 2.79. The molecule has 1 aliphatic heterocycles. The third-order valence-corrected chi connectivity index (χ3v) is 10.5. The number of hydrogen-bond acceptors (Lipinski definition) is 5. The van der Waals surface area contributed by atoms with Gasteiger partial charge in [0.25, 0.3) is 0 Å². The van der Waals surface area contributed by atoms with E-state index in [0.717, 1.165) is 11.6 Å². The molecule has 6 rings (SSSR count). The number of halogens is 4. The number of nitrogens with zero attached hydrogens (tertiary/aromatic N) is 1. The first-order chi connectivity index (χ1) is 17.9. The number of aliphatic hydroxyl groups is 1. The predicted molar refractivity (Wildman–Crippen MR) is 129 cm³/mol. The molecule has 38 heavy (non-hydrogen) atoms. The Balaban J connectivity index is 1.39. The van der Waals surface area contributed by atoms with Gasteiger partial charge in [-0.05, 0) is 67.5 Å². The van der Waals surface area contributed by atoms with Gasteiger partial charge in [0.05, 0.1) is 6.10 Å². The first-order valence-corrected chi connectivity index (χ1v) is 13.1. The van der Waals surface area contributed by atoms with Crippen molar-refractivity contribution >= 4 is 11.6 Å². The number of fused-ring (bicyclic) bond motifs is 7. The zero-order valence-corrected chi connectivity index (χ0v) is 21.3. The van der Waals surface area contributed by atoms with Crippen molar-refractivity contribution in [2.24, 2.45) is 28.6 Å². The monoisotopic (exact) mass is 533 g/mol. The van der Waals surface area contributed by atoms with Crippen molar-refractivity contribution in [1.29, 1.82) is 0 Å². The van der Waals surface area contributed by atoms with Crippen molar-refractivity contribution in [2.75, 3.05) is 13.2 Å². The van der Waals surface area contributed by atoms with E-state index in [1.54, 1.807) is 24.1 Å². The molecule has 4 fully saturated rings. The van der Waals surface area contributed by atoms with Crippen molar-refractivity contribution in [3.05, 3.63) is 59.4 Å². The number of aliphatic hydroxyl groups excluding tert-OH is 1. The molecule has 3 saturated carbocycles. The molecule has 0 bridgehead atoms. The van der Waals surface area contributed by atoms with Crippen molar-refractivity contribution in [1.82, 2.24) is 5.06 Å². The molecule has 0 aromatic heterocycles. The third-order valence-electron chi connectivity index (χ3n) is 10.5. The van der Waals surface area contributed by atoms with Crippen molar-refractivity contribution < 1.29 is 37.1 Å². The standard InChI is InChI=1S/C29H31F4NO4/c1-26-8-7-19(35)10-22(26)23(32)11-21-20-9-17-15-34(14-16-3-5-18(31)6-4-16)38-29(17,25(37)13-30)27(20,2)12-24(36)28(21,26)33/h3-8,10,17,20-21,23-24,36H,9,11-15H2,1-2H3/t17-,20-,21-,23-,24-,26-,27-,28-,29-/m0/s1. The summed E-state index contributed by atoms with van der Waals surface area (Å²) < 4.78 is 60.5. The smallest absolute Gasteiger partial charge is 0.198 e. The number of rotatable bonds is 4. The molecule has 1 heterocycles. The highest BCUT2D eigenvalue weighted by Crippen LogP contribution is 2.72. The van der Waals surface area contributed by atoms with E-state index in [0.29, 0.717) is 6.42 Å². The summed E-state index contributed by atoms with van der Waals surface area (Å²) in [6, 6.07) is 5.83. The minimum atomic E-state index is -2.28. The number of benzene rings is 1. The first-order valence-electron chi connectivity index (χ1n) is 13.1. The number of allylic oxidation sites excluding steroid dienone is 4. The Morgan fingerprint density at radius 1 is 1.18 bits per heavy atom. The van der Waals surface area contributed by atoms with Crippen LogP contribution in [0.1, 0.15) is 38.7 Å². The van der Waals surface area contributed by atoms with E-state index in [-0.39, 0.29) is 37.3 Å².